The van der Waals surface area contributed by atoms with Crippen LogP contribution in [0.2, 0.25) is 24.7 Å². The molecule has 0 atom stereocenters. The molecule has 0 heterocycles. The highest BCUT2D eigenvalue weighted by molar-refractivity contribution is 7.18. The van der Waals surface area contributed by atoms with Crippen LogP contribution in [0.15, 0.2) is 24.3 Å². The Hall–Kier alpha value is 0.114. The number of rotatable bonds is 4. The maximum absolute atomic E-state index is 5.78. The van der Waals surface area contributed by atoms with E-state index in [-0.39, 0.29) is 0 Å². The Morgan fingerprint density at radius 3 is 1.42 bits per heavy atom. The van der Waals surface area contributed by atoms with Crippen molar-refractivity contribution in [2.75, 3.05) is 21.3 Å². The molecule has 1 rings (SSSR count). The third kappa shape index (κ3) is 7.46. The van der Waals surface area contributed by atoms with Crippen LogP contribution in [0.5, 0.6) is 0 Å². The van der Waals surface area contributed by atoms with Crippen LogP contribution in [-0.2, 0) is 13.3 Å². The van der Waals surface area contributed by atoms with Gasteiger partial charge in [0.25, 0.3) is 0 Å². The molecule has 0 aromatic heterocycles. The molecule has 1 aromatic carbocycles. The molecule has 0 spiro atoms. The zero-order chi connectivity index (χ0) is 15.1. The normalized spacial score (nSPS) is 11.8. The minimum Gasteiger partial charge on any atom is -0.373 e. The van der Waals surface area contributed by atoms with Gasteiger partial charge in [-0.05, 0) is 12.1 Å². The van der Waals surface area contributed by atoms with Gasteiger partial charge in [-0.3, -0.25) is 0 Å². The van der Waals surface area contributed by atoms with Crippen molar-refractivity contribution in [1.29, 1.82) is 0 Å². The second kappa shape index (κ2) is 8.41. The standard InChI is InChI=1S/C9H13ClO3Si.C3H9ClSi/c1-11-14(12-2,13-3)9-6-4-8(10)5-7-9;1-5(2,3)4/h4-7H,1-3H3;1-3H3. The fraction of sp³-hybridized carbons (Fsp3) is 0.500. The van der Waals surface area contributed by atoms with Crippen molar-refractivity contribution < 1.29 is 13.3 Å². The molecule has 1 aromatic rings. The van der Waals surface area contributed by atoms with Gasteiger partial charge in [-0.2, -0.15) is 11.1 Å². The van der Waals surface area contributed by atoms with Crippen LogP contribution < -0.4 is 5.19 Å². The van der Waals surface area contributed by atoms with E-state index < -0.39 is 16.2 Å². The molecule has 0 saturated carbocycles. The first-order valence-electron chi connectivity index (χ1n) is 5.79. The van der Waals surface area contributed by atoms with Gasteiger partial charge >= 0.3 is 8.80 Å². The minimum absolute atomic E-state index is 0.681. The van der Waals surface area contributed by atoms with Gasteiger partial charge in [0.1, 0.15) is 7.38 Å². The summed E-state index contributed by atoms with van der Waals surface area (Å²) in [6.07, 6.45) is 0. The molecule has 0 unspecified atom stereocenters. The fourth-order valence-corrected chi connectivity index (χ4v) is 3.17. The van der Waals surface area contributed by atoms with Crippen molar-refractivity contribution in [1.82, 2.24) is 0 Å². The van der Waals surface area contributed by atoms with E-state index in [1.165, 1.54) is 0 Å². The molecule has 19 heavy (non-hydrogen) atoms. The molecule has 110 valence electrons. The molecule has 0 N–H and O–H groups in total. The second-order valence-corrected chi connectivity index (χ2v) is 15.6. The van der Waals surface area contributed by atoms with Gasteiger partial charge in [0.15, 0.2) is 0 Å². The van der Waals surface area contributed by atoms with E-state index in [0.717, 1.165) is 5.19 Å². The summed E-state index contributed by atoms with van der Waals surface area (Å²) in [4.78, 5) is 0. The summed E-state index contributed by atoms with van der Waals surface area (Å²) in [5.41, 5.74) is 0. The fourth-order valence-electron chi connectivity index (χ4n) is 1.26. The first kappa shape index (κ1) is 19.1. The average molecular weight is 341 g/mol. The molecule has 0 amide bonds. The van der Waals surface area contributed by atoms with E-state index in [2.05, 4.69) is 19.6 Å². The van der Waals surface area contributed by atoms with Crippen LogP contribution >= 0.6 is 22.7 Å². The summed E-state index contributed by atoms with van der Waals surface area (Å²) in [5.74, 6) is 0. The molecule has 0 aliphatic carbocycles. The summed E-state index contributed by atoms with van der Waals surface area (Å²) in [6, 6.07) is 7.28. The van der Waals surface area contributed by atoms with E-state index in [0.29, 0.717) is 5.02 Å². The van der Waals surface area contributed by atoms with E-state index >= 15 is 0 Å². The highest BCUT2D eigenvalue weighted by atomic mass is 35.6. The molecular weight excluding hydrogens is 319 g/mol. The zero-order valence-electron chi connectivity index (χ0n) is 12.3. The summed E-state index contributed by atoms with van der Waals surface area (Å²) in [5, 5.41) is 1.58. The first-order valence-corrected chi connectivity index (χ1v) is 12.4. The van der Waals surface area contributed by atoms with Gasteiger partial charge in [0.05, 0.1) is 0 Å². The van der Waals surface area contributed by atoms with E-state index in [1.807, 2.05) is 12.1 Å². The van der Waals surface area contributed by atoms with Crippen LogP contribution in [0.1, 0.15) is 0 Å². The lowest BCUT2D eigenvalue weighted by Crippen LogP contribution is -2.54. The van der Waals surface area contributed by atoms with Crippen LogP contribution in [0.4, 0.5) is 0 Å². The molecule has 0 fully saturated rings. The monoisotopic (exact) mass is 340 g/mol. The Morgan fingerprint density at radius 2 is 1.16 bits per heavy atom. The average Bonchev–Trinajstić information content (AvgIpc) is 2.32. The maximum Gasteiger partial charge on any atom is 0.536 e. The predicted octanol–water partition coefficient (Wildman–Crippen LogP) is 3.49. The van der Waals surface area contributed by atoms with Crippen molar-refractivity contribution in [2.45, 2.75) is 19.6 Å². The topological polar surface area (TPSA) is 27.7 Å². The molecule has 0 radical (unpaired) electrons. The van der Waals surface area contributed by atoms with E-state index in [4.69, 9.17) is 36.0 Å². The van der Waals surface area contributed by atoms with Crippen molar-refractivity contribution >= 4 is 44.1 Å². The molecule has 0 aliphatic rings. The molecule has 7 heteroatoms. The first-order chi connectivity index (χ1) is 8.68. The molecule has 0 aliphatic heterocycles. The van der Waals surface area contributed by atoms with Gasteiger partial charge in [-0.15, -0.1) is 0 Å². The second-order valence-electron chi connectivity index (χ2n) is 4.74. The highest BCUT2D eigenvalue weighted by Gasteiger charge is 2.40. The third-order valence-electron chi connectivity index (χ3n) is 2.00. The summed E-state index contributed by atoms with van der Waals surface area (Å²) >= 11 is 11.5. The quantitative estimate of drug-likeness (QED) is 0.620. The van der Waals surface area contributed by atoms with E-state index in [1.54, 1.807) is 33.5 Å². The summed E-state index contributed by atoms with van der Waals surface area (Å²) in [6.45, 7) is 6.28. The largest absolute Gasteiger partial charge is 0.536 e. The SMILES string of the molecule is CO[Si](OC)(OC)c1ccc(Cl)cc1.C[Si](C)(C)Cl. The van der Waals surface area contributed by atoms with Gasteiger partial charge in [-0.1, -0.05) is 43.4 Å². The lowest BCUT2D eigenvalue weighted by atomic mass is 10.4. The number of hydrogen-bond donors (Lipinski definition) is 0. The van der Waals surface area contributed by atoms with Gasteiger partial charge in [0, 0.05) is 31.5 Å². The Bertz CT molecular complexity index is 348. The predicted molar refractivity (Wildman–Crippen MR) is 87.1 cm³/mol. The highest BCUT2D eigenvalue weighted by Crippen LogP contribution is 2.10. The Kier molecular flexibility index (Phi) is 8.46. The van der Waals surface area contributed by atoms with Crippen LogP contribution in [0, 0.1) is 0 Å². The number of halogens is 2. The van der Waals surface area contributed by atoms with Crippen molar-refractivity contribution in [3.8, 4) is 0 Å². The van der Waals surface area contributed by atoms with Gasteiger partial charge in [0.2, 0.25) is 0 Å². The smallest absolute Gasteiger partial charge is 0.373 e. The number of hydrogen-bond acceptors (Lipinski definition) is 3. The van der Waals surface area contributed by atoms with Crippen LogP contribution in [-0.4, -0.2) is 37.5 Å². The Balaban J connectivity index is 0.000000555. The van der Waals surface area contributed by atoms with Crippen molar-refractivity contribution in [3.05, 3.63) is 29.3 Å². The third-order valence-corrected chi connectivity index (χ3v) is 4.91. The van der Waals surface area contributed by atoms with Gasteiger partial charge in [-0.25, -0.2) is 0 Å². The summed E-state index contributed by atoms with van der Waals surface area (Å²) in [7, 11) is 0.918. The molecule has 3 nitrogen and oxygen atoms in total. The zero-order valence-corrected chi connectivity index (χ0v) is 15.8. The Morgan fingerprint density at radius 1 is 0.842 bits per heavy atom. The van der Waals surface area contributed by atoms with Gasteiger partial charge < -0.3 is 13.3 Å². The Labute approximate surface area is 127 Å². The van der Waals surface area contributed by atoms with E-state index in [9.17, 15) is 0 Å². The lowest BCUT2D eigenvalue weighted by molar-refractivity contribution is 0.140. The molecule has 0 saturated heterocycles. The lowest BCUT2D eigenvalue weighted by Gasteiger charge is -2.24. The molecular formula is C12H22Cl2O3Si2. The summed E-state index contributed by atoms with van der Waals surface area (Å²) < 4.78 is 15.9. The minimum atomic E-state index is -2.68. The van der Waals surface area contributed by atoms with Crippen molar-refractivity contribution in [2.24, 2.45) is 0 Å². The van der Waals surface area contributed by atoms with Crippen LogP contribution in [0.3, 0.4) is 0 Å². The van der Waals surface area contributed by atoms with Crippen molar-refractivity contribution in [3.63, 3.8) is 0 Å². The maximum atomic E-state index is 5.78. The van der Waals surface area contributed by atoms with Crippen LogP contribution in [0.25, 0.3) is 0 Å². The number of benzene rings is 1. The molecule has 0 bridgehead atoms.